The molecule has 0 amide bonds. The lowest BCUT2D eigenvalue weighted by atomic mass is 9.57. The van der Waals surface area contributed by atoms with Gasteiger partial charge in [-0.15, -0.1) is 0 Å². The van der Waals surface area contributed by atoms with Crippen molar-refractivity contribution in [2.45, 2.75) is 30.8 Å². The molecule has 96 valence electrons. The predicted molar refractivity (Wildman–Crippen MR) is 67.9 cm³/mol. The molecule has 18 heavy (non-hydrogen) atoms. The zero-order valence-electron chi connectivity index (χ0n) is 10.8. The minimum Gasteiger partial charge on any atom is -0.379 e. The van der Waals surface area contributed by atoms with Crippen molar-refractivity contribution in [1.82, 2.24) is 5.06 Å². The molecule has 0 radical (unpaired) electrons. The van der Waals surface area contributed by atoms with Crippen LogP contribution >= 0.6 is 0 Å². The fourth-order valence-corrected chi connectivity index (χ4v) is 4.74. The van der Waals surface area contributed by atoms with Crippen molar-refractivity contribution in [1.29, 1.82) is 0 Å². The normalized spacial score (nSPS) is 42.4. The molecule has 2 heterocycles. The smallest absolute Gasteiger partial charge is 0.0810 e. The molecular weight excluding hydrogens is 226 g/mol. The molecule has 1 saturated carbocycles. The lowest BCUT2D eigenvalue weighted by Gasteiger charge is -2.64. The van der Waals surface area contributed by atoms with Crippen molar-refractivity contribution in [3.05, 3.63) is 35.9 Å². The van der Waals surface area contributed by atoms with Gasteiger partial charge in [-0.3, -0.25) is 0 Å². The van der Waals surface area contributed by atoms with Gasteiger partial charge < -0.3 is 9.57 Å². The van der Waals surface area contributed by atoms with Gasteiger partial charge in [0.05, 0.1) is 31.9 Å². The van der Waals surface area contributed by atoms with Crippen molar-refractivity contribution in [3.8, 4) is 0 Å². The van der Waals surface area contributed by atoms with Crippen LogP contribution in [0.15, 0.2) is 30.3 Å². The van der Waals surface area contributed by atoms with Gasteiger partial charge in [0.1, 0.15) is 0 Å². The highest BCUT2D eigenvalue weighted by atomic mass is 16.7. The molecule has 3 fully saturated rings. The molecule has 1 aromatic carbocycles. The first-order valence-electron chi connectivity index (χ1n) is 6.82. The van der Waals surface area contributed by atoms with Crippen LogP contribution in [0.4, 0.5) is 0 Å². The van der Waals surface area contributed by atoms with Crippen LogP contribution < -0.4 is 0 Å². The highest BCUT2D eigenvalue weighted by Crippen LogP contribution is 2.69. The van der Waals surface area contributed by atoms with E-state index in [0.29, 0.717) is 11.5 Å². The van der Waals surface area contributed by atoms with Crippen LogP contribution in [0.2, 0.25) is 0 Å². The van der Waals surface area contributed by atoms with E-state index in [0.717, 1.165) is 13.2 Å². The largest absolute Gasteiger partial charge is 0.379 e. The Bertz CT molecular complexity index is 459. The molecule has 1 aromatic rings. The number of ether oxygens (including phenoxy) is 1. The summed E-state index contributed by atoms with van der Waals surface area (Å²) in [5, 5.41) is 2.21. The second kappa shape index (κ2) is 3.56. The van der Waals surface area contributed by atoms with E-state index in [1.165, 1.54) is 24.8 Å². The highest BCUT2D eigenvalue weighted by molar-refractivity contribution is 5.37. The molecular formula is C15H19NO2. The maximum atomic E-state index is 5.79. The molecule has 1 spiro atoms. The van der Waals surface area contributed by atoms with Gasteiger partial charge in [-0.25, -0.2) is 0 Å². The third kappa shape index (κ3) is 0.989. The maximum absolute atomic E-state index is 5.79. The molecule has 2 unspecified atom stereocenters. The number of hydrogen-bond donors (Lipinski definition) is 0. The van der Waals surface area contributed by atoms with Gasteiger partial charge in [-0.1, -0.05) is 36.8 Å². The Morgan fingerprint density at radius 1 is 1.28 bits per heavy atom. The fraction of sp³-hybridized carbons (Fsp3) is 0.600. The van der Waals surface area contributed by atoms with Gasteiger partial charge in [0.25, 0.3) is 0 Å². The van der Waals surface area contributed by atoms with E-state index >= 15 is 0 Å². The molecule has 1 aliphatic carbocycles. The van der Waals surface area contributed by atoms with Crippen LogP contribution in [-0.2, 0) is 15.1 Å². The van der Waals surface area contributed by atoms with Crippen LogP contribution in [0.25, 0.3) is 0 Å². The summed E-state index contributed by atoms with van der Waals surface area (Å²) < 4.78 is 5.79. The van der Waals surface area contributed by atoms with Crippen LogP contribution in [0.3, 0.4) is 0 Å². The minimum atomic E-state index is 0.0597. The van der Waals surface area contributed by atoms with E-state index in [9.17, 15) is 0 Å². The zero-order valence-corrected chi connectivity index (χ0v) is 10.8. The molecule has 0 bridgehead atoms. The Balaban J connectivity index is 1.86. The molecule has 0 aromatic heterocycles. The molecule has 3 nitrogen and oxygen atoms in total. The summed E-state index contributed by atoms with van der Waals surface area (Å²) >= 11 is 0. The van der Waals surface area contributed by atoms with Gasteiger partial charge in [0.2, 0.25) is 0 Å². The molecule has 0 N–H and O–H groups in total. The summed E-state index contributed by atoms with van der Waals surface area (Å²) in [6.07, 6.45) is 3.73. The van der Waals surface area contributed by atoms with Crippen molar-refractivity contribution >= 4 is 0 Å². The number of hydroxylamine groups is 2. The number of nitrogens with zero attached hydrogens (tertiary/aromatic N) is 1. The van der Waals surface area contributed by atoms with Gasteiger partial charge in [0.15, 0.2) is 0 Å². The van der Waals surface area contributed by atoms with Crippen LogP contribution in [0.1, 0.15) is 24.8 Å². The number of rotatable bonds is 2. The van der Waals surface area contributed by atoms with Gasteiger partial charge in [-0.2, -0.15) is 5.06 Å². The third-order valence-electron chi connectivity index (χ3n) is 5.37. The first-order chi connectivity index (χ1) is 8.85. The average Bonchev–Trinajstić information content (AvgIpc) is 2.94. The van der Waals surface area contributed by atoms with E-state index < -0.39 is 0 Å². The molecule has 2 saturated heterocycles. The van der Waals surface area contributed by atoms with Crippen LogP contribution in [0, 0.1) is 5.41 Å². The van der Waals surface area contributed by atoms with Gasteiger partial charge in [-0.05, 0) is 18.4 Å². The first-order valence-corrected chi connectivity index (χ1v) is 6.82. The Hall–Kier alpha value is -0.900. The topological polar surface area (TPSA) is 21.7 Å². The third-order valence-corrected chi connectivity index (χ3v) is 5.37. The molecule has 3 heteroatoms. The Labute approximate surface area is 108 Å². The summed E-state index contributed by atoms with van der Waals surface area (Å²) in [4.78, 5) is 5.72. The summed E-state index contributed by atoms with van der Waals surface area (Å²) in [5.41, 5.74) is 1.75. The Morgan fingerprint density at radius 2 is 2.11 bits per heavy atom. The predicted octanol–water partition coefficient (Wildman–Crippen LogP) is 2.33. The first kappa shape index (κ1) is 11.0. The SMILES string of the molecule is CON1C2COCC23CCC[C@@]13c1ccccc1. The lowest BCUT2D eigenvalue weighted by molar-refractivity contribution is -0.348. The van der Waals surface area contributed by atoms with E-state index in [1.54, 1.807) is 7.11 Å². The Morgan fingerprint density at radius 3 is 2.89 bits per heavy atom. The van der Waals surface area contributed by atoms with Gasteiger partial charge in [0, 0.05) is 5.41 Å². The van der Waals surface area contributed by atoms with E-state index in [1.807, 2.05) is 0 Å². The van der Waals surface area contributed by atoms with Crippen LogP contribution in [0.5, 0.6) is 0 Å². The standard InChI is InChI=1S/C15H19NO2/c1-17-16-13-10-18-11-14(13)8-5-9-15(14,16)12-6-3-2-4-7-12/h2-4,6-7,13H,5,8-11H2,1H3/t13?,14?,15-/m0/s1. The van der Waals surface area contributed by atoms with E-state index in [2.05, 4.69) is 35.4 Å². The average molecular weight is 245 g/mol. The summed E-state index contributed by atoms with van der Waals surface area (Å²) in [6, 6.07) is 11.3. The fourth-order valence-electron chi connectivity index (χ4n) is 4.74. The van der Waals surface area contributed by atoms with Crippen molar-refractivity contribution in [2.75, 3.05) is 20.3 Å². The second-order valence-corrected chi connectivity index (χ2v) is 5.78. The van der Waals surface area contributed by atoms with Gasteiger partial charge >= 0.3 is 0 Å². The highest BCUT2D eigenvalue weighted by Gasteiger charge is 2.75. The summed E-state index contributed by atoms with van der Waals surface area (Å²) in [6.45, 7) is 1.72. The quantitative estimate of drug-likeness (QED) is 0.798. The second-order valence-electron chi connectivity index (χ2n) is 5.78. The zero-order chi connectivity index (χ0) is 12.2. The molecule has 4 rings (SSSR count). The molecule has 2 aliphatic heterocycles. The maximum Gasteiger partial charge on any atom is 0.0810 e. The van der Waals surface area contributed by atoms with Crippen molar-refractivity contribution in [2.24, 2.45) is 5.41 Å². The molecule has 3 atom stereocenters. The van der Waals surface area contributed by atoms with E-state index in [-0.39, 0.29) is 5.54 Å². The molecule has 3 aliphatic rings. The van der Waals surface area contributed by atoms with Crippen molar-refractivity contribution in [3.63, 3.8) is 0 Å². The van der Waals surface area contributed by atoms with Crippen molar-refractivity contribution < 1.29 is 9.57 Å². The lowest BCUT2D eigenvalue weighted by Crippen LogP contribution is -2.74. The summed E-state index contributed by atoms with van der Waals surface area (Å²) in [5.74, 6) is 0. The monoisotopic (exact) mass is 245 g/mol. The van der Waals surface area contributed by atoms with Crippen LogP contribution in [-0.4, -0.2) is 31.4 Å². The Kier molecular flexibility index (Phi) is 2.17. The minimum absolute atomic E-state index is 0.0597. The van der Waals surface area contributed by atoms with E-state index in [4.69, 9.17) is 9.57 Å². The summed E-state index contributed by atoms with van der Waals surface area (Å²) in [7, 11) is 1.80. The number of hydrogen-bond acceptors (Lipinski definition) is 3. The number of benzene rings is 1.